The van der Waals surface area contributed by atoms with E-state index in [1.807, 2.05) is 25.1 Å². The van der Waals surface area contributed by atoms with E-state index >= 15 is 0 Å². The number of carbonyl (C=O) groups is 1. The number of hydrogen-bond acceptors (Lipinski definition) is 3. The van der Waals surface area contributed by atoms with E-state index in [1.54, 1.807) is 31.2 Å². The number of carbonyl (C=O) groups excluding carboxylic acids is 1. The number of hydrogen-bond donors (Lipinski definition) is 0. The molecule has 0 fully saturated rings. The Hall–Kier alpha value is -2.07. The Balaban J connectivity index is 2.19. The van der Waals surface area contributed by atoms with Crippen LogP contribution in [0.25, 0.3) is 0 Å². The van der Waals surface area contributed by atoms with Crippen LogP contribution in [-0.2, 0) is 6.54 Å². The van der Waals surface area contributed by atoms with Gasteiger partial charge in [-0.25, -0.2) is 4.98 Å². The summed E-state index contributed by atoms with van der Waals surface area (Å²) in [6, 6.07) is 9.12. The van der Waals surface area contributed by atoms with Crippen molar-refractivity contribution in [2.45, 2.75) is 13.5 Å². The van der Waals surface area contributed by atoms with Crippen molar-refractivity contribution in [3.8, 4) is 5.75 Å². The van der Waals surface area contributed by atoms with E-state index in [1.165, 1.54) is 6.20 Å². The maximum Gasteiger partial charge on any atom is 0.254 e. The molecule has 2 rings (SSSR count). The maximum atomic E-state index is 12.4. The van der Waals surface area contributed by atoms with Crippen molar-refractivity contribution in [2.75, 3.05) is 14.2 Å². The summed E-state index contributed by atoms with van der Waals surface area (Å²) in [6.45, 7) is 2.47. The normalized spacial score (nSPS) is 10.3. The molecule has 0 radical (unpaired) electrons. The fourth-order valence-corrected chi connectivity index (χ4v) is 2.29. The second-order valence-electron chi connectivity index (χ2n) is 4.84. The maximum absolute atomic E-state index is 12.4. The van der Waals surface area contributed by atoms with E-state index in [4.69, 9.17) is 16.3 Å². The van der Waals surface area contributed by atoms with E-state index in [-0.39, 0.29) is 5.91 Å². The molecule has 0 atom stereocenters. The van der Waals surface area contributed by atoms with E-state index in [0.29, 0.717) is 17.3 Å². The zero-order valence-corrected chi connectivity index (χ0v) is 13.0. The molecule has 0 saturated carbocycles. The summed E-state index contributed by atoms with van der Waals surface area (Å²) in [4.78, 5) is 17.9. The number of rotatable bonds is 4. The fourth-order valence-electron chi connectivity index (χ4n) is 2.11. The molecule has 0 bridgehead atoms. The average molecular weight is 305 g/mol. The smallest absolute Gasteiger partial charge is 0.254 e. The SMILES string of the molecule is COc1ccc(C)cc1CN(C)C(=O)c1ccnc(Cl)c1. The van der Waals surface area contributed by atoms with E-state index in [0.717, 1.165) is 16.9 Å². The molecule has 0 aliphatic heterocycles. The highest BCUT2D eigenvalue weighted by molar-refractivity contribution is 6.29. The summed E-state index contributed by atoms with van der Waals surface area (Å²) in [5, 5.41) is 0.308. The molecule has 0 saturated heterocycles. The first-order valence-electron chi connectivity index (χ1n) is 6.52. The summed E-state index contributed by atoms with van der Waals surface area (Å²) in [5.74, 6) is 0.663. The highest BCUT2D eigenvalue weighted by Crippen LogP contribution is 2.21. The van der Waals surface area contributed by atoms with Gasteiger partial charge in [-0.3, -0.25) is 4.79 Å². The van der Waals surface area contributed by atoms with Gasteiger partial charge in [0, 0.05) is 30.9 Å². The molecule has 21 heavy (non-hydrogen) atoms. The topological polar surface area (TPSA) is 42.4 Å². The lowest BCUT2D eigenvalue weighted by molar-refractivity contribution is 0.0784. The third-order valence-electron chi connectivity index (χ3n) is 3.16. The molecule has 0 unspecified atom stereocenters. The summed E-state index contributed by atoms with van der Waals surface area (Å²) >= 11 is 5.82. The Bertz CT molecular complexity index is 658. The van der Waals surface area contributed by atoms with E-state index in [9.17, 15) is 4.79 Å². The van der Waals surface area contributed by atoms with Gasteiger partial charge in [0.15, 0.2) is 0 Å². The lowest BCUT2D eigenvalue weighted by atomic mass is 10.1. The number of aromatic nitrogens is 1. The van der Waals surface area contributed by atoms with E-state index < -0.39 is 0 Å². The van der Waals surface area contributed by atoms with Crippen LogP contribution in [0.2, 0.25) is 5.15 Å². The third kappa shape index (κ3) is 3.73. The summed E-state index contributed by atoms with van der Waals surface area (Å²) in [7, 11) is 3.37. The van der Waals surface area contributed by atoms with Crippen molar-refractivity contribution in [1.29, 1.82) is 0 Å². The molecule has 0 spiro atoms. The van der Waals surface area contributed by atoms with Gasteiger partial charge in [-0.15, -0.1) is 0 Å². The Labute approximate surface area is 129 Å². The molecule has 110 valence electrons. The first-order valence-corrected chi connectivity index (χ1v) is 6.89. The minimum atomic E-state index is -0.108. The summed E-state index contributed by atoms with van der Waals surface area (Å²) in [5.41, 5.74) is 2.61. The van der Waals surface area contributed by atoms with Gasteiger partial charge in [0.2, 0.25) is 0 Å². The largest absolute Gasteiger partial charge is 0.496 e. The van der Waals surface area contributed by atoms with Gasteiger partial charge < -0.3 is 9.64 Å². The van der Waals surface area contributed by atoms with Crippen LogP contribution in [-0.4, -0.2) is 29.9 Å². The minimum absolute atomic E-state index is 0.108. The number of halogens is 1. The number of aryl methyl sites for hydroxylation is 1. The van der Waals surface area contributed by atoms with Crippen molar-refractivity contribution in [2.24, 2.45) is 0 Å². The number of nitrogens with zero attached hydrogens (tertiary/aromatic N) is 2. The molecule has 0 aliphatic rings. The molecular formula is C16H17ClN2O2. The molecule has 1 aromatic heterocycles. The van der Waals surface area contributed by atoms with Gasteiger partial charge in [0.05, 0.1) is 7.11 Å². The van der Waals surface area contributed by atoms with Gasteiger partial charge in [-0.1, -0.05) is 29.3 Å². The van der Waals surface area contributed by atoms with Crippen LogP contribution in [0.3, 0.4) is 0 Å². The van der Waals surface area contributed by atoms with E-state index in [2.05, 4.69) is 4.98 Å². The van der Waals surface area contributed by atoms with Gasteiger partial charge >= 0.3 is 0 Å². The molecule has 4 nitrogen and oxygen atoms in total. The minimum Gasteiger partial charge on any atom is -0.496 e. The highest BCUT2D eigenvalue weighted by atomic mass is 35.5. The number of methoxy groups -OCH3 is 1. The predicted molar refractivity (Wildman–Crippen MR) is 82.8 cm³/mol. The van der Waals surface area contributed by atoms with Gasteiger partial charge in [-0.05, 0) is 25.1 Å². The van der Waals surface area contributed by atoms with Gasteiger partial charge in [0.1, 0.15) is 10.9 Å². The molecule has 1 amide bonds. The summed E-state index contributed by atoms with van der Waals surface area (Å²) in [6.07, 6.45) is 1.52. The van der Waals surface area contributed by atoms with Gasteiger partial charge in [-0.2, -0.15) is 0 Å². The molecule has 2 aromatic rings. The zero-order chi connectivity index (χ0) is 15.4. The van der Waals surface area contributed by atoms with Crippen molar-refractivity contribution in [3.63, 3.8) is 0 Å². The highest BCUT2D eigenvalue weighted by Gasteiger charge is 2.14. The van der Waals surface area contributed by atoms with Crippen LogP contribution in [0.15, 0.2) is 36.5 Å². The van der Waals surface area contributed by atoms with Crippen LogP contribution < -0.4 is 4.74 Å². The lowest BCUT2D eigenvalue weighted by Crippen LogP contribution is -2.26. The quantitative estimate of drug-likeness (QED) is 0.814. The molecule has 5 heteroatoms. The number of benzene rings is 1. The Morgan fingerprint density at radius 3 is 2.76 bits per heavy atom. The van der Waals surface area contributed by atoms with Crippen molar-refractivity contribution in [1.82, 2.24) is 9.88 Å². The Morgan fingerprint density at radius 1 is 1.33 bits per heavy atom. The lowest BCUT2D eigenvalue weighted by Gasteiger charge is -2.19. The van der Waals surface area contributed by atoms with Crippen LogP contribution in [0.1, 0.15) is 21.5 Å². The number of ether oxygens (including phenoxy) is 1. The van der Waals surface area contributed by atoms with Crippen LogP contribution in [0.4, 0.5) is 0 Å². The predicted octanol–water partition coefficient (Wildman–Crippen LogP) is 3.32. The monoisotopic (exact) mass is 304 g/mol. The Kier molecular flexibility index (Phi) is 4.81. The molecule has 0 N–H and O–H groups in total. The molecule has 1 heterocycles. The fraction of sp³-hybridized carbons (Fsp3) is 0.250. The molecule has 0 aliphatic carbocycles. The van der Waals surface area contributed by atoms with Crippen molar-refractivity contribution < 1.29 is 9.53 Å². The third-order valence-corrected chi connectivity index (χ3v) is 3.37. The summed E-state index contributed by atoms with van der Waals surface area (Å²) < 4.78 is 5.34. The number of pyridine rings is 1. The van der Waals surface area contributed by atoms with Crippen LogP contribution in [0, 0.1) is 6.92 Å². The Morgan fingerprint density at radius 2 is 2.10 bits per heavy atom. The van der Waals surface area contributed by atoms with Crippen molar-refractivity contribution in [3.05, 3.63) is 58.4 Å². The van der Waals surface area contributed by atoms with Crippen molar-refractivity contribution >= 4 is 17.5 Å². The number of amides is 1. The van der Waals surface area contributed by atoms with Crippen LogP contribution >= 0.6 is 11.6 Å². The zero-order valence-electron chi connectivity index (χ0n) is 12.3. The second-order valence-corrected chi connectivity index (χ2v) is 5.23. The first-order chi connectivity index (χ1) is 10.0. The standard InChI is InChI=1S/C16H17ClN2O2/c1-11-4-5-14(21-3)13(8-11)10-19(2)16(20)12-6-7-18-15(17)9-12/h4-9H,10H2,1-3H3. The first kappa shape index (κ1) is 15.3. The second kappa shape index (κ2) is 6.59. The average Bonchev–Trinajstić information content (AvgIpc) is 2.46. The van der Waals surface area contributed by atoms with Crippen LogP contribution in [0.5, 0.6) is 5.75 Å². The molecule has 1 aromatic carbocycles. The van der Waals surface area contributed by atoms with Gasteiger partial charge in [0.25, 0.3) is 5.91 Å². The molecular weight excluding hydrogens is 288 g/mol.